The van der Waals surface area contributed by atoms with E-state index in [4.69, 9.17) is 9.63 Å². The van der Waals surface area contributed by atoms with Crippen molar-refractivity contribution in [2.45, 2.75) is 19.4 Å². The van der Waals surface area contributed by atoms with E-state index < -0.39 is 35.4 Å². The lowest BCUT2D eigenvalue weighted by molar-refractivity contribution is -0.137. The van der Waals surface area contributed by atoms with E-state index in [1.165, 1.54) is 12.1 Å². The zero-order valence-electron chi connectivity index (χ0n) is 14.6. The molecule has 3 aromatic rings. The summed E-state index contributed by atoms with van der Waals surface area (Å²) in [6, 6.07) is 9.60. The van der Waals surface area contributed by atoms with Gasteiger partial charge in [0.05, 0.1) is 18.0 Å². The largest absolute Gasteiger partial charge is 0.481 e. The van der Waals surface area contributed by atoms with E-state index >= 15 is 0 Å². The van der Waals surface area contributed by atoms with Crippen molar-refractivity contribution in [2.75, 3.05) is 0 Å². The van der Waals surface area contributed by atoms with Crippen LogP contribution in [0.5, 0.6) is 0 Å². The molecule has 1 unspecified atom stereocenters. The van der Waals surface area contributed by atoms with Crippen LogP contribution in [0, 0.1) is 18.6 Å². The van der Waals surface area contributed by atoms with Gasteiger partial charge in [-0.15, -0.1) is 0 Å². The van der Waals surface area contributed by atoms with Crippen molar-refractivity contribution in [2.24, 2.45) is 0 Å². The minimum atomic E-state index is -1.18. The summed E-state index contributed by atoms with van der Waals surface area (Å²) in [4.78, 5) is 27.4. The first kappa shape index (κ1) is 19.2. The van der Waals surface area contributed by atoms with E-state index in [0.717, 1.165) is 11.6 Å². The van der Waals surface area contributed by atoms with Gasteiger partial charge in [0, 0.05) is 0 Å². The monoisotopic (exact) mass is 387 g/mol. The molecule has 0 saturated heterocycles. The van der Waals surface area contributed by atoms with Crippen LogP contribution in [0.2, 0.25) is 0 Å². The van der Waals surface area contributed by atoms with Gasteiger partial charge in [-0.3, -0.25) is 9.59 Å². The number of amides is 1. The van der Waals surface area contributed by atoms with Crippen molar-refractivity contribution in [1.82, 2.24) is 15.5 Å². The molecule has 1 aromatic heterocycles. The molecule has 0 aliphatic rings. The van der Waals surface area contributed by atoms with E-state index in [0.29, 0.717) is 5.56 Å². The van der Waals surface area contributed by atoms with Crippen molar-refractivity contribution >= 4 is 11.9 Å². The smallest absolute Gasteiger partial charge is 0.305 e. The Kier molecular flexibility index (Phi) is 5.44. The van der Waals surface area contributed by atoms with Gasteiger partial charge in [0.2, 0.25) is 0 Å². The van der Waals surface area contributed by atoms with Crippen LogP contribution in [0.25, 0.3) is 11.5 Å². The minimum Gasteiger partial charge on any atom is -0.481 e. The molecule has 3 rings (SSSR count). The average molecular weight is 387 g/mol. The number of carboxylic acids is 1. The van der Waals surface area contributed by atoms with Crippen molar-refractivity contribution in [3.63, 3.8) is 0 Å². The quantitative estimate of drug-likeness (QED) is 0.673. The Labute approximate surface area is 158 Å². The summed E-state index contributed by atoms with van der Waals surface area (Å²) in [5.41, 5.74) is 1.20. The normalized spacial score (nSPS) is 11.8. The number of halogens is 2. The summed E-state index contributed by atoms with van der Waals surface area (Å²) in [6.45, 7) is 1.84. The van der Waals surface area contributed by atoms with Crippen LogP contribution < -0.4 is 5.32 Å². The van der Waals surface area contributed by atoms with Crippen LogP contribution in [0.15, 0.2) is 47.0 Å². The van der Waals surface area contributed by atoms with Crippen LogP contribution in [0.1, 0.15) is 34.2 Å². The fourth-order valence-electron chi connectivity index (χ4n) is 2.63. The lowest BCUT2D eigenvalue weighted by atomic mass is 10.0. The Morgan fingerprint density at radius 2 is 1.96 bits per heavy atom. The molecule has 0 aliphatic heterocycles. The first-order valence-corrected chi connectivity index (χ1v) is 8.22. The van der Waals surface area contributed by atoms with Gasteiger partial charge in [-0.2, -0.15) is 4.98 Å². The van der Waals surface area contributed by atoms with Crippen LogP contribution in [0.3, 0.4) is 0 Å². The van der Waals surface area contributed by atoms with Crippen LogP contribution in [0.4, 0.5) is 8.78 Å². The van der Waals surface area contributed by atoms with Gasteiger partial charge in [0.1, 0.15) is 0 Å². The molecule has 0 fully saturated rings. The number of hydrogen-bond donors (Lipinski definition) is 2. The zero-order valence-corrected chi connectivity index (χ0v) is 14.6. The number of carbonyl (C=O) groups is 2. The molecule has 0 radical (unpaired) electrons. The Morgan fingerprint density at radius 3 is 2.68 bits per heavy atom. The number of aromatic nitrogens is 2. The van der Waals surface area contributed by atoms with E-state index in [9.17, 15) is 18.4 Å². The van der Waals surface area contributed by atoms with Gasteiger partial charge in [0.25, 0.3) is 17.6 Å². The van der Waals surface area contributed by atoms with Crippen molar-refractivity contribution in [3.8, 4) is 11.5 Å². The number of nitrogens with one attached hydrogen (secondary N) is 1. The maximum absolute atomic E-state index is 13.8. The topological polar surface area (TPSA) is 105 Å². The lowest BCUT2D eigenvalue weighted by Gasteiger charge is -2.16. The molecule has 9 heteroatoms. The number of hydrogen-bond acceptors (Lipinski definition) is 5. The number of carboxylic acid groups (broad SMARTS) is 1. The Morgan fingerprint density at radius 1 is 1.21 bits per heavy atom. The van der Waals surface area contributed by atoms with Crippen molar-refractivity contribution < 1.29 is 28.0 Å². The highest BCUT2D eigenvalue weighted by molar-refractivity contribution is 5.91. The number of carbonyl (C=O) groups excluding carboxylic acids is 1. The van der Waals surface area contributed by atoms with Crippen LogP contribution in [-0.2, 0) is 4.79 Å². The van der Waals surface area contributed by atoms with E-state index in [1.807, 2.05) is 13.0 Å². The van der Waals surface area contributed by atoms with Gasteiger partial charge in [-0.1, -0.05) is 41.1 Å². The lowest BCUT2D eigenvalue weighted by Crippen LogP contribution is -2.31. The maximum atomic E-state index is 13.8. The number of nitrogens with zero attached hydrogens (tertiary/aromatic N) is 2. The Bertz CT molecular complexity index is 1040. The summed E-state index contributed by atoms with van der Waals surface area (Å²) in [5, 5.41) is 15.1. The molecule has 1 atom stereocenters. The second-order valence-electron chi connectivity index (χ2n) is 6.06. The fraction of sp³-hybridized carbons (Fsp3) is 0.158. The van der Waals surface area contributed by atoms with Crippen molar-refractivity contribution in [1.29, 1.82) is 0 Å². The summed E-state index contributed by atoms with van der Waals surface area (Å²) in [7, 11) is 0. The number of rotatable bonds is 6. The third-order valence-corrected chi connectivity index (χ3v) is 3.94. The molecule has 144 valence electrons. The van der Waals surface area contributed by atoms with Gasteiger partial charge in [-0.05, 0) is 24.6 Å². The van der Waals surface area contributed by atoms with Gasteiger partial charge in [0.15, 0.2) is 11.6 Å². The molecule has 0 saturated carbocycles. The molecule has 1 heterocycles. The standard InChI is InChI=1S/C19H15F2N3O4/c1-10-4-2-5-11(8-10)14(9-15(25)26)22-18(27)17-23-19(28-24-17)12-6-3-7-13(20)16(12)21/h2-8,14H,9H2,1H3,(H,22,27)(H,25,26). The molecular formula is C19H15F2N3O4. The van der Waals surface area contributed by atoms with Crippen molar-refractivity contribution in [3.05, 3.63) is 71.1 Å². The first-order chi connectivity index (χ1) is 13.3. The average Bonchev–Trinajstić information content (AvgIpc) is 3.13. The Hall–Kier alpha value is -3.62. The predicted molar refractivity (Wildman–Crippen MR) is 93.3 cm³/mol. The molecule has 0 bridgehead atoms. The fourth-order valence-corrected chi connectivity index (χ4v) is 2.63. The van der Waals surface area contributed by atoms with Crippen LogP contribution in [-0.4, -0.2) is 27.1 Å². The summed E-state index contributed by atoms with van der Waals surface area (Å²) in [5.74, 6) is -4.99. The highest BCUT2D eigenvalue weighted by atomic mass is 19.2. The highest BCUT2D eigenvalue weighted by Crippen LogP contribution is 2.23. The predicted octanol–water partition coefficient (Wildman–Crippen LogP) is 3.27. The van der Waals surface area contributed by atoms with E-state index in [2.05, 4.69) is 15.5 Å². The summed E-state index contributed by atoms with van der Waals surface area (Å²) in [6.07, 6.45) is -0.363. The van der Waals surface area contributed by atoms with Gasteiger partial charge < -0.3 is 14.9 Å². The Balaban J connectivity index is 1.84. The second-order valence-corrected chi connectivity index (χ2v) is 6.06. The third kappa shape index (κ3) is 4.20. The van der Waals surface area contributed by atoms with Gasteiger partial charge in [-0.25, -0.2) is 8.78 Å². The van der Waals surface area contributed by atoms with E-state index in [1.54, 1.807) is 18.2 Å². The first-order valence-electron chi connectivity index (χ1n) is 8.22. The summed E-state index contributed by atoms with van der Waals surface area (Å²) < 4.78 is 32.0. The molecule has 0 aliphatic carbocycles. The number of aliphatic carboxylic acids is 1. The zero-order chi connectivity index (χ0) is 20.3. The molecular weight excluding hydrogens is 372 g/mol. The number of benzene rings is 2. The molecule has 7 nitrogen and oxygen atoms in total. The summed E-state index contributed by atoms with van der Waals surface area (Å²) >= 11 is 0. The molecule has 2 aromatic carbocycles. The molecule has 1 amide bonds. The molecule has 0 spiro atoms. The SMILES string of the molecule is Cc1cccc(C(CC(=O)O)NC(=O)c2noc(-c3cccc(F)c3F)n2)c1. The maximum Gasteiger partial charge on any atom is 0.305 e. The highest BCUT2D eigenvalue weighted by Gasteiger charge is 2.24. The second kappa shape index (κ2) is 7.95. The molecule has 28 heavy (non-hydrogen) atoms. The van der Waals surface area contributed by atoms with Gasteiger partial charge >= 0.3 is 5.97 Å². The minimum absolute atomic E-state index is 0.285. The van der Waals surface area contributed by atoms with Crippen LogP contribution >= 0.6 is 0 Å². The number of aryl methyl sites for hydroxylation is 1. The molecule has 2 N–H and O–H groups in total. The van der Waals surface area contributed by atoms with E-state index in [-0.39, 0.29) is 17.9 Å². The third-order valence-electron chi connectivity index (χ3n) is 3.94.